The van der Waals surface area contributed by atoms with Gasteiger partial charge in [0.25, 0.3) is 5.91 Å². The van der Waals surface area contributed by atoms with E-state index in [9.17, 15) is 9.59 Å². The van der Waals surface area contributed by atoms with Gasteiger partial charge in [-0.25, -0.2) is 19.4 Å². The first-order valence-electron chi connectivity index (χ1n) is 10.4. The van der Waals surface area contributed by atoms with Gasteiger partial charge >= 0.3 is 6.03 Å². The molecule has 1 N–H and O–H groups in total. The van der Waals surface area contributed by atoms with Gasteiger partial charge in [0.2, 0.25) is 0 Å². The largest absolute Gasteiger partial charge is 0.497 e. The fourth-order valence-corrected chi connectivity index (χ4v) is 3.63. The van der Waals surface area contributed by atoms with E-state index in [4.69, 9.17) is 9.47 Å². The van der Waals surface area contributed by atoms with Crippen molar-refractivity contribution < 1.29 is 19.1 Å². The van der Waals surface area contributed by atoms with Crippen LogP contribution in [0.1, 0.15) is 15.9 Å². The van der Waals surface area contributed by atoms with E-state index in [0.29, 0.717) is 55.6 Å². The monoisotopic (exact) mass is 451 g/mol. The van der Waals surface area contributed by atoms with E-state index in [0.717, 1.165) is 5.56 Å². The number of ether oxygens (including phenoxy) is 2. The molecule has 2 aromatic heterocycles. The normalized spacial score (nSPS) is 13.5. The maximum atomic E-state index is 13.0. The molecule has 0 spiro atoms. The maximum Gasteiger partial charge on any atom is 0.317 e. The summed E-state index contributed by atoms with van der Waals surface area (Å²) in [6, 6.07) is 8.59. The molecule has 0 unspecified atom stereocenters. The molecule has 0 aliphatic carbocycles. The summed E-state index contributed by atoms with van der Waals surface area (Å²) in [4.78, 5) is 37.4. The molecule has 1 fully saturated rings. The maximum absolute atomic E-state index is 13.0. The molecule has 0 bridgehead atoms. The Hall–Kier alpha value is -4.15. The van der Waals surface area contributed by atoms with Crippen molar-refractivity contribution in [3.63, 3.8) is 0 Å². The lowest BCUT2D eigenvalue weighted by Crippen LogP contribution is -2.53. The van der Waals surface area contributed by atoms with Crippen LogP contribution in [0, 0.1) is 0 Å². The first-order valence-corrected chi connectivity index (χ1v) is 10.4. The van der Waals surface area contributed by atoms with E-state index in [-0.39, 0.29) is 11.9 Å². The molecule has 1 aliphatic rings. The van der Waals surface area contributed by atoms with Gasteiger partial charge < -0.3 is 24.6 Å². The Morgan fingerprint density at radius 2 is 1.85 bits per heavy atom. The Morgan fingerprint density at radius 1 is 1.06 bits per heavy atom. The summed E-state index contributed by atoms with van der Waals surface area (Å²) in [5.41, 5.74) is 1.28. The van der Waals surface area contributed by atoms with Crippen molar-refractivity contribution in [2.45, 2.75) is 6.54 Å². The van der Waals surface area contributed by atoms with Crippen molar-refractivity contribution >= 4 is 11.9 Å². The fourth-order valence-electron chi connectivity index (χ4n) is 3.63. The Morgan fingerprint density at radius 3 is 2.55 bits per heavy atom. The van der Waals surface area contributed by atoms with Crippen LogP contribution in [0.25, 0.3) is 5.82 Å². The van der Waals surface area contributed by atoms with Crippen LogP contribution >= 0.6 is 0 Å². The number of methoxy groups -OCH3 is 2. The van der Waals surface area contributed by atoms with Crippen LogP contribution in [0.2, 0.25) is 0 Å². The molecule has 1 aliphatic heterocycles. The summed E-state index contributed by atoms with van der Waals surface area (Å²) in [7, 11) is 3.08. The first kappa shape index (κ1) is 22.1. The Kier molecular flexibility index (Phi) is 6.67. The predicted octanol–water partition coefficient (Wildman–Crippen LogP) is 1.35. The summed E-state index contributed by atoms with van der Waals surface area (Å²) in [5.74, 6) is 1.55. The molecule has 3 amide bonds. The summed E-state index contributed by atoms with van der Waals surface area (Å²) in [5, 5.41) is 7.03. The second-order valence-electron chi connectivity index (χ2n) is 7.33. The zero-order chi connectivity index (χ0) is 23.2. The minimum atomic E-state index is -0.197. The lowest BCUT2D eigenvalue weighted by atomic mass is 10.1. The lowest BCUT2D eigenvalue weighted by molar-refractivity contribution is 0.0661. The topological polar surface area (TPSA) is 115 Å². The van der Waals surface area contributed by atoms with Crippen LogP contribution in [0.4, 0.5) is 4.79 Å². The number of rotatable bonds is 6. The second kappa shape index (κ2) is 9.98. The van der Waals surface area contributed by atoms with Crippen molar-refractivity contribution in [1.82, 2.24) is 34.9 Å². The van der Waals surface area contributed by atoms with Crippen LogP contribution in [-0.2, 0) is 6.54 Å². The summed E-state index contributed by atoms with van der Waals surface area (Å²) in [6.45, 7) is 2.01. The van der Waals surface area contributed by atoms with Gasteiger partial charge in [0.1, 0.15) is 24.2 Å². The highest BCUT2D eigenvalue weighted by molar-refractivity contribution is 5.97. The van der Waals surface area contributed by atoms with E-state index in [1.807, 2.05) is 6.07 Å². The smallest absolute Gasteiger partial charge is 0.317 e. The van der Waals surface area contributed by atoms with Crippen LogP contribution in [0.15, 0.2) is 49.2 Å². The minimum Gasteiger partial charge on any atom is -0.497 e. The number of hydrogen-bond donors (Lipinski definition) is 1. The average Bonchev–Trinajstić information content (AvgIpc) is 3.41. The molecule has 1 saturated heterocycles. The number of amides is 3. The van der Waals surface area contributed by atoms with E-state index in [1.54, 1.807) is 58.4 Å². The molecule has 172 valence electrons. The molecule has 0 radical (unpaired) electrons. The van der Waals surface area contributed by atoms with Crippen LogP contribution < -0.4 is 14.8 Å². The quantitative estimate of drug-likeness (QED) is 0.602. The summed E-state index contributed by atoms with van der Waals surface area (Å²) < 4.78 is 12.1. The number of benzene rings is 1. The molecule has 0 atom stereocenters. The molecule has 3 heterocycles. The van der Waals surface area contributed by atoms with E-state index in [1.165, 1.54) is 13.4 Å². The van der Waals surface area contributed by atoms with Crippen LogP contribution in [0.5, 0.6) is 11.5 Å². The number of carbonyl (C=O) groups excluding carboxylic acids is 2. The van der Waals surface area contributed by atoms with E-state index >= 15 is 0 Å². The fraction of sp³-hybridized carbons (Fsp3) is 0.318. The molecular formula is C22H25N7O4. The summed E-state index contributed by atoms with van der Waals surface area (Å²) >= 11 is 0. The third-order valence-electron chi connectivity index (χ3n) is 5.43. The van der Waals surface area contributed by atoms with Crippen molar-refractivity contribution in [2.24, 2.45) is 0 Å². The van der Waals surface area contributed by atoms with E-state index < -0.39 is 0 Å². The number of nitrogens with zero attached hydrogens (tertiary/aromatic N) is 6. The van der Waals surface area contributed by atoms with E-state index in [2.05, 4.69) is 20.4 Å². The number of urea groups is 1. The molecule has 4 rings (SSSR count). The number of carbonyl (C=O) groups is 2. The zero-order valence-electron chi connectivity index (χ0n) is 18.5. The van der Waals surface area contributed by atoms with Gasteiger partial charge in [-0.2, -0.15) is 5.10 Å². The van der Waals surface area contributed by atoms with Gasteiger partial charge in [0.15, 0.2) is 5.82 Å². The SMILES string of the molecule is COc1ccc(C(=O)N2CCN(C(=O)NCc3cccnc3-n3cncn3)CC2)c(OC)c1. The highest BCUT2D eigenvalue weighted by Crippen LogP contribution is 2.26. The van der Waals surface area contributed by atoms with Gasteiger partial charge in [0, 0.05) is 50.6 Å². The minimum absolute atomic E-state index is 0.137. The van der Waals surface area contributed by atoms with Gasteiger partial charge in [-0.3, -0.25) is 4.79 Å². The Labute approximate surface area is 190 Å². The first-order chi connectivity index (χ1) is 16.1. The molecular weight excluding hydrogens is 426 g/mol. The average molecular weight is 451 g/mol. The Bertz CT molecular complexity index is 1110. The lowest BCUT2D eigenvalue weighted by Gasteiger charge is -2.35. The van der Waals surface area contributed by atoms with Crippen LogP contribution in [-0.4, -0.2) is 81.9 Å². The number of pyridine rings is 1. The number of aromatic nitrogens is 4. The third-order valence-corrected chi connectivity index (χ3v) is 5.43. The zero-order valence-corrected chi connectivity index (χ0v) is 18.5. The van der Waals surface area contributed by atoms with Gasteiger partial charge in [-0.1, -0.05) is 6.07 Å². The molecule has 11 heteroatoms. The van der Waals surface area contributed by atoms with Crippen molar-refractivity contribution in [3.05, 3.63) is 60.3 Å². The second-order valence-corrected chi connectivity index (χ2v) is 7.33. The van der Waals surface area contributed by atoms with Crippen molar-refractivity contribution in [1.29, 1.82) is 0 Å². The number of piperazine rings is 1. The van der Waals surface area contributed by atoms with Crippen molar-refractivity contribution in [3.8, 4) is 17.3 Å². The van der Waals surface area contributed by atoms with Crippen molar-refractivity contribution in [2.75, 3.05) is 40.4 Å². The van der Waals surface area contributed by atoms with Crippen LogP contribution in [0.3, 0.4) is 0 Å². The molecule has 33 heavy (non-hydrogen) atoms. The number of nitrogens with one attached hydrogen (secondary N) is 1. The van der Waals surface area contributed by atoms with Gasteiger partial charge in [-0.05, 0) is 18.2 Å². The van der Waals surface area contributed by atoms with Gasteiger partial charge in [-0.15, -0.1) is 0 Å². The molecule has 3 aromatic rings. The van der Waals surface area contributed by atoms with Gasteiger partial charge in [0.05, 0.1) is 19.8 Å². The highest BCUT2D eigenvalue weighted by Gasteiger charge is 2.26. The Balaban J connectivity index is 1.33. The molecule has 11 nitrogen and oxygen atoms in total. The highest BCUT2D eigenvalue weighted by atomic mass is 16.5. The molecule has 1 aromatic carbocycles. The standard InChI is InChI=1S/C22H25N7O4/c1-32-17-5-6-18(19(12-17)33-2)21(30)27-8-10-28(11-9-27)22(31)25-13-16-4-3-7-24-20(16)29-15-23-14-26-29/h3-7,12,14-15H,8-11,13H2,1-2H3,(H,25,31). The molecule has 0 saturated carbocycles. The third kappa shape index (κ3) is 4.86. The predicted molar refractivity (Wildman–Crippen MR) is 118 cm³/mol. The number of hydrogen-bond acceptors (Lipinski definition) is 7. The summed E-state index contributed by atoms with van der Waals surface area (Å²) in [6.07, 6.45) is 4.65.